The highest BCUT2D eigenvalue weighted by Gasteiger charge is 2.38. The second-order valence-corrected chi connectivity index (χ2v) is 13.0. The number of hydrogen-bond acceptors (Lipinski definition) is 9. The van der Waals surface area contributed by atoms with E-state index in [0.717, 1.165) is 18.4 Å². The van der Waals surface area contributed by atoms with E-state index in [1.807, 2.05) is 18.2 Å². The summed E-state index contributed by atoms with van der Waals surface area (Å²) in [7, 11) is -3.20. The Balaban J connectivity index is 1.29. The Morgan fingerprint density at radius 2 is 2.00 bits per heavy atom. The van der Waals surface area contributed by atoms with Gasteiger partial charge in [-0.2, -0.15) is 10.4 Å². The summed E-state index contributed by atoms with van der Waals surface area (Å²) in [4.78, 5) is 8.89. The maximum atomic E-state index is 11.8. The van der Waals surface area contributed by atoms with E-state index < -0.39 is 10.0 Å². The molecule has 0 radical (unpaired) electrons. The van der Waals surface area contributed by atoms with Gasteiger partial charge in [0.1, 0.15) is 6.07 Å². The Morgan fingerprint density at radius 1 is 1.26 bits per heavy atom. The Labute approximate surface area is 232 Å². The van der Waals surface area contributed by atoms with Gasteiger partial charge in [0.15, 0.2) is 0 Å². The summed E-state index contributed by atoms with van der Waals surface area (Å²) < 4.78 is 26.7. The summed E-state index contributed by atoms with van der Waals surface area (Å²) >= 11 is 6.61. The average Bonchev–Trinajstić information content (AvgIpc) is 3.36. The van der Waals surface area contributed by atoms with Crippen LogP contribution < -0.4 is 10.6 Å². The number of hydrogen-bond donors (Lipinski definition) is 3. The topological polar surface area (TPSA) is 149 Å². The van der Waals surface area contributed by atoms with Gasteiger partial charge in [0.25, 0.3) is 0 Å². The van der Waals surface area contributed by atoms with Crippen molar-refractivity contribution in [2.24, 2.45) is 0 Å². The fourth-order valence-corrected chi connectivity index (χ4v) is 6.29. The maximum absolute atomic E-state index is 11.8. The molecule has 2 aromatic heterocycles. The van der Waals surface area contributed by atoms with Gasteiger partial charge in [0.2, 0.25) is 16.0 Å². The van der Waals surface area contributed by atoms with E-state index in [9.17, 15) is 18.8 Å². The summed E-state index contributed by atoms with van der Waals surface area (Å²) in [6.45, 7) is 3.62. The molecule has 3 heterocycles. The summed E-state index contributed by atoms with van der Waals surface area (Å²) in [5.41, 5.74) is 3.07. The number of halogens is 1. The van der Waals surface area contributed by atoms with Crippen molar-refractivity contribution in [3.8, 4) is 23.0 Å². The first-order valence-electron chi connectivity index (χ1n) is 12.8. The van der Waals surface area contributed by atoms with Gasteiger partial charge in [-0.25, -0.2) is 27.4 Å². The van der Waals surface area contributed by atoms with Gasteiger partial charge < -0.3 is 15.7 Å². The lowest BCUT2D eigenvalue weighted by molar-refractivity contribution is 0.0109. The van der Waals surface area contributed by atoms with Crippen LogP contribution in [0, 0.1) is 11.3 Å². The van der Waals surface area contributed by atoms with Crippen LogP contribution in [0.2, 0.25) is 5.02 Å². The van der Waals surface area contributed by atoms with Gasteiger partial charge in [-0.1, -0.05) is 17.7 Å². The molecule has 1 aromatic carbocycles. The zero-order chi connectivity index (χ0) is 27.8. The number of rotatable bonds is 8. The van der Waals surface area contributed by atoms with Gasteiger partial charge in [-0.05, 0) is 50.3 Å². The highest BCUT2D eigenvalue weighted by Crippen LogP contribution is 2.32. The lowest BCUT2D eigenvalue weighted by Gasteiger charge is -2.43. The molecular formula is C26H31ClN8O3S. The monoisotopic (exact) mass is 570 g/mol. The number of nitrogens with one attached hydrogen (secondary N) is 2. The quantitative estimate of drug-likeness (QED) is 0.371. The Bertz CT molecular complexity index is 1510. The molecule has 2 fully saturated rings. The Morgan fingerprint density at radius 3 is 2.64 bits per heavy atom. The van der Waals surface area contributed by atoms with Crippen molar-refractivity contribution >= 4 is 27.6 Å². The number of aliphatic hydroxyl groups excluding tert-OH is 1. The summed E-state index contributed by atoms with van der Waals surface area (Å²) in [6.07, 6.45) is 8.61. The maximum Gasteiger partial charge on any atom is 0.223 e. The molecule has 5 rings (SSSR count). The van der Waals surface area contributed by atoms with Crippen molar-refractivity contribution < 1.29 is 13.5 Å². The average molecular weight is 571 g/mol. The minimum Gasteiger partial charge on any atom is -0.393 e. The number of anilines is 1. The minimum absolute atomic E-state index is 0.0234. The van der Waals surface area contributed by atoms with E-state index in [4.69, 9.17) is 11.6 Å². The second-order valence-electron chi connectivity index (χ2n) is 10.6. The summed E-state index contributed by atoms with van der Waals surface area (Å²) in [5, 5.41) is 31.0. The standard InChI is InChI=1S/C26H31ClN8O3S/c1-26(10-21(36)11-26)30-13-17-3-4-23(22(27)9-17)35-16-19(15-31-35)24-18(12-28)14-29-25(33-24)32-20-5-7-34(8-6-20)39(2,37)38/h3-4,9,14-16,20-21,30,36H,5-8,10-11,13H2,1-2H3,(H,29,32,33)/t21-,26+. The third-order valence-electron chi connectivity index (χ3n) is 7.37. The number of nitrogens with zero attached hydrogens (tertiary/aromatic N) is 6. The van der Waals surface area contributed by atoms with Crippen LogP contribution in [0.3, 0.4) is 0 Å². The predicted octanol–water partition coefficient (Wildman–Crippen LogP) is 2.69. The van der Waals surface area contributed by atoms with Crippen molar-refractivity contribution in [2.45, 2.75) is 56.8 Å². The van der Waals surface area contributed by atoms with Crippen LogP contribution in [0.5, 0.6) is 0 Å². The molecule has 0 atom stereocenters. The zero-order valence-corrected chi connectivity index (χ0v) is 23.4. The Kier molecular flexibility index (Phi) is 7.63. The molecule has 206 valence electrons. The number of benzene rings is 1. The van der Waals surface area contributed by atoms with Crippen molar-refractivity contribution in [1.82, 2.24) is 29.4 Å². The molecule has 0 amide bonds. The molecular weight excluding hydrogens is 540 g/mol. The van der Waals surface area contributed by atoms with Gasteiger partial charge >= 0.3 is 0 Å². The van der Waals surface area contributed by atoms with Crippen molar-refractivity contribution in [2.75, 3.05) is 24.7 Å². The number of piperidine rings is 1. The second kappa shape index (κ2) is 10.8. The van der Waals surface area contributed by atoms with Gasteiger partial charge in [0.05, 0.1) is 46.7 Å². The van der Waals surface area contributed by atoms with Crippen LogP contribution in [-0.2, 0) is 16.6 Å². The molecule has 0 bridgehead atoms. The lowest BCUT2D eigenvalue weighted by Crippen LogP contribution is -2.54. The van der Waals surface area contributed by atoms with Crippen LogP contribution in [0.25, 0.3) is 16.9 Å². The van der Waals surface area contributed by atoms with Crippen LogP contribution in [-0.4, -0.2) is 74.6 Å². The number of sulfonamides is 1. The van der Waals surface area contributed by atoms with E-state index in [1.165, 1.54) is 16.8 Å². The van der Waals surface area contributed by atoms with E-state index in [-0.39, 0.29) is 17.7 Å². The van der Waals surface area contributed by atoms with Crippen LogP contribution in [0.1, 0.15) is 43.7 Å². The van der Waals surface area contributed by atoms with Crippen molar-refractivity contribution in [3.05, 3.63) is 52.9 Å². The molecule has 39 heavy (non-hydrogen) atoms. The minimum atomic E-state index is -3.20. The van der Waals surface area contributed by atoms with E-state index in [0.29, 0.717) is 66.0 Å². The molecule has 1 aliphatic heterocycles. The molecule has 11 nitrogen and oxygen atoms in total. The van der Waals surface area contributed by atoms with Gasteiger partial charge in [-0.3, -0.25) is 0 Å². The molecule has 2 aliphatic rings. The van der Waals surface area contributed by atoms with Crippen molar-refractivity contribution in [3.63, 3.8) is 0 Å². The van der Waals surface area contributed by atoms with Crippen molar-refractivity contribution in [1.29, 1.82) is 5.26 Å². The molecule has 1 saturated carbocycles. The Hall–Kier alpha value is -3.08. The molecule has 1 aliphatic carbocycles. The largest absolute Gasteiger partial charge is 0.393 e. The summed E-state index contributed by atoms with van der Waals surface area (Å²) in [6, 6.07) is 7.94. The van der Waals surface area contributed by atoms with E-state index in [2.05, 4.69) is 38.7 Å². The van der Waals surface area contributed by atoms with E-state index in [1.54, 1.807) is 17.1 Å². The van der Waals surface area contributed by atoms with Gasteiger partial charge in [-0.15, -0.1) is 0 Å². The molecule has 0 unspecified atom stereocenters. The van der Waals surface area contributed by atoms with Gasteiger partial charge in [0, 0.05) is 43.0 Å². The number of aromatic nitrogens is 4. The third-order valence-corrected chi connectivity index (χ3v) is 8.98. The fourth-order valence-electron chi connectivity index (χ4n) is 5.13. The van der Waals surface area contributed by atoms with Crippen LogP contribution in [0.15, 0.2) is 36.8 Å². The number of nitriles is 1. The molecule has 3 aromatic rings. The normalized spacial score (nSPS) is 22.3. The zero-order valence-electron chi connectivity index (χ0n) is 21.8. The first-order valence-corrected chi connectivity index (χ1v) is 15.0. The fraction of sp³-hybridized carbons (Fsp3) is 0.462. The highest BCUT2D eigenvalue weighted by molar-refractivity contribution is 7.88. The molecule has 13 heteroatoms. The van der Waals surface area contributed by atoms with Crippen LogP contribution >= 0.6 is 11.6 Å². The molecule has 3 N–H and O–H groups in total. The summed E-state index contributed by atoms with van der Waals surface area (Å²) in [5.74, 6) is 0.372. The SMILES string of the molecule is CS(=O)(=O)N1CCC(Nc2ncc(C#N)c(-c3cnn(-c4ccc(CN[C@]5(C)C[C@H](O)C5)cc4Cl)c3)n2)CC1. The highest BCUT2D eigenvalue weighted by atomic mass is 35.5. The number of aliphatic hydroxyl groups is 1. The first kappa shape index (κ1) is 27.5. The predicted molar refractivity (Wildman–Crippen MR) is 148 cm³/mol. The first-order chi connectivity index (χ1) is 18.5. The smallest absolute Gasteiger partial charge is 0.223 e. The molecule has 1 saturated heterocycles. The van der Waals surface area contributed by atoms with E-state index >= 15 is 0 Å². The third kappa shape index (κ3) is 6.23. The molecule has 0 spiro atoms. The van der Waals surface area contributed by atoms with Crippen LogP contribution in [0.4, 0.5) is 5.95 Å². The lowest BCUT2D eigenvalue weighted by atomic mass is 9.76.